The lowest BCUT2D eigenvalue weighted by molar-refractivity contribution is -0.117. The number of carbonyl (C=O) groups excluding carboxylic acids is 2. The Morgan fingerprint density at radius 2 is 1.79 bits per heavy atom. The van der Waals surface area contributed by atoms with Crippen molar-refractivity contribution in [3.63, 3.8) is 0 Å². The number of carbonyl (C=O) groups is 2. The van der Waals surface area contributed by atoms with E-state index < -0.39 is 16.0 Å². The molecule has 29 heavy (non-hydrogen) atoms. The van der Waals surface area contributed by atoms with E-state index in [1.807, 2.05) is 0 Å². The van der Waals surface area contributed by atoms with Gasteiger partial charge in [-0.15, -0.1) is 0 Å². The first kappa shape index (κ1) is 21.4. The molecule has 0 spiro atoms. The summed E-state index contributed by atoms with van der Waals surface area (Å²) in [6.07, 6.45) is 1.47. The maximum Gasteiger partial charge on any atom is 0.339 e. The lowest BCUT2D eigenvalue weighted by Crippen LogP contribution is -2.23. The van der Waals surface area contributed by atoms with E-state index in [4.69, 9.17) is 27.4 Å². The van der Waals surface area contributed by atoms with Gasteiger partial charge in [0.2, 0.25) is 5.91 Å². The number of amides is 2. The molecule has 1 aliphatic rings. The summed E-state index contributed by atoms with van der Waals surface area (Å²) in [5, 5.41) is 2.49. The van der Waals surface area contributed by atoms with Crippen molar-refractivity contribution >= 4 is 68.1 Å². The van der Waals surface area contributed by atoms with E-state index in [0.29, 0.717) is 5.56 Å². The molecule has 0 atom stereocenters. The number of rotatable bonds is 4. The van der Waals surface area contributed by atoms with Crippen molar-refractivity contribution in [2.75, 3.05) is 0 Å². The minimum atomic E-state index is -4.12. The molecule has 0 saturated heterocycles. The monoisotopic (exact) mass is 470 g/mol. The quantitative estimate of drug-likeness (QED) is 0.537. The maximum atomic E-state index is 12.4. The van der Waals surface area contributed by atoms with Gasteiger partial charge in [-0.05, 0) is 47.7 Å². The minimum absolute atomic E-state index is 0.0473. The van der Waals surface area contributed by atoms with Gasteiger partial charge in [0.25, 0.3) is 5.91 Å². The summed E-state index contributed by atoms with van der Waals surface area (Å²) >= 11 is 13.3. The molecule has 1 heterocycles. The van der Waals surface area contributed by atoms with E-state index >= 15 is 0 Å². The van der Waals surface area contributed by atoms with E-state index in [-0.39, 0.29) is 36.7 Å². The number of thioether (sulfide) groups is 1. The fourth-order valence-electron chi connectivity index (χ4n) is 2.25. The van der Waals surface area contributed by atoms with Gasteiger partial charge in [0.05, 0.1) is 15.0 Å². The summed E-state index contributed by atoms with van der Waals surface area (Å²) in [6.45, 7) is 1.30. The van der Waals surface area contributed by atoms with Gasteiger partial charge in [0.1, 0.15) is 4.90 Å². The van der Waals surface area contributed by atoms with E-state index in [1.165, 1.54) is 37.3 Å². The molecule has 0 saturated carbocycles. The molecule has 7 nitrogen and oxygen atoms in total. The average Bonchev–Trinajstić information content (AvgIpc) is 2.97. The predicted octanol–water partition coefficient (Wildman–Crippen LogP) is 3.87. The highest BCUT2D eigenvalue weighted by Crippen LogP contribution is 2.37. The molecule has 2 aromatic rings. The van der Waals surface area contributed by atoms with Gasteiger partial charge in [0, 0.05) is 6.92 Å². The Morgan fingerprint density at radius 1 is 1.17 bits per heavy atom. The SMILES string of the molecule is CC(=O)NC1=NC(=O)/C(=C\c2cc(Cl)c(OS(=O)(=O)c3ccccc3)c(Cl)c2)S1. The molecular formula is C18H12Cl2N2O5S2. The lowest BCUT2D eigenvalue weighted by Gasteiger charge is -2.11. The maximum absolute atomic E-state index is 12.4. The Morgan fingerprint density at radius 3 is 2.38 bits per heavy atom. The number of hydrogen-bond donors (Lipinski definition) is 1. The van der Waals surface area contributed by atoms with Crippen LogP contribution in [0.1, 0.15) is 12.5 Å². The molecule has 0 aliphatic carbocycles. The van der Waals surface area contributed by atoms with Crippen LogP contribution in [0, 0.1) is 0 Å². The van der Waals surface area contributed by atoms with Gasteiger partial charge < -0.3 is 9.50 Å². The third kappa shape index (κ3) is 5.18. The summed E-state index contributed by atoms with van der Waals surface area (Å²) in [6, 6.07) is 10.4. The minimum Gasteiger partial charge on any atom is -0.376 e. The number of benzene rings is 2. The van der Waals surface area contributed by atoms with Gasteiger partial charge in [-0.3, -0.25) is 9.59 Å². The smallest absolute Gasteiger partial charge is 0.339 e. The average molecular weight is 471 g/mol. The lowest BCUT2D eigenvalue weighted by atomic mass is 10.2. The van der Waals surface area contributed by atoms with Crippen molar-refractivity contribution in [3.05, 3.63) is 63.0 Å². The van der Waals surface area contributed by atoms with Crippen LogP contribution in [-0.4, -0.2) is 25.4 Å². The molecular weight excluding hydrogens is 459 g/mol. The van der Waals surface area contributed by atoms with E-state index in [2.05, 4.69) is 10.3 Å². The Bertz CT molecular complexity index is 1140. The molecule has 2 aromatic carbocycles. The molecule has 0 unspecified atom stereocenters. The summed E-state index contributed by atoms with van der Waals surface area (Å²) in [5.74, 6) is -1.10. The van der Waals surface area contributed by atoms with Crippen LogP contribution in [-0.2, 0) is 19.7 Å². The number of nitrogens with one attached hydrogen (secondary N) is 1. The van der Waals surface area contributed by atoms with Crippen molar-refractivity contribution in [2.45, 2.75) is 11.8 Å². The van der Waals surface area contributed by atoms with Gasteiger partial charge in [-0.25, -0.2) is 0 Å². The standard InChI is InChI=1S/C18H12Cl2N2O5S2/c1-10(23)21-18-22-17(24)15(28-18)9-11-7-13(19)16(14(20)8-11)27-29(25,26)12-5-3-2-4-6-12/h2-9H,1H3,(H,21,22,23,24)/b15-9+. The van der Waals surface area contributed by atoms with Gasteiger partial charge in [-0.2, -0.15) is 13.4 Å². The zero-order chi connectivity index (χ0) is 21.2. The first-order valence-electron chi connectivity index (χ1n) is 7.94. The summed E-state index contributed by atoms with van der Waals surface area (Å²) < 4.78 is 29.9. The number of aliphatic imine (C=N–C) groups is 1. The topological polar surface area (TPSA) is 102 Å². The zero-order valence-corrected chi connectivity index (χ0v) is 17.8. The van der Waals surface area contributed by atoms with Crippen molar-refractivity contribution in [1.29, 1.82) is 0 Å². The van der Waals surface area contributed by atoms with Crippen molar-refractivity contribution in [3.8, 4) is 5.75 Å². The van der Waals surface area contributed by atoms with Crippen LogP contribution in [0.5, 0.6) is 5.75 Å². The highest BCUT2D eigenvalue weighted by molar-refractivity contribution is 8.18. The third-order valence-corrected chi connectivity index (χ3v) is 6.14. The summed E-state index contributed by atoms with van der Waals surface area (Å²) in [7, 11) is -4.12. The molecule has 11 heteroatoms. The molecule has 3 rings (SSSR count). The third-order valence-electron chi connectivity index (χ3n) is 3.45. The molecule has 2 amide bonds. The van der Waals surface area contributed by atoms with E-state index in [0.717, 1.165) is 11.8 Å². The Hall–Kier alpha value is -2.33. The van der Waals surface area contributed by atoms with E-state index in [1.54, 1.807) is 18.2 Å². The zero-order valence-electron chi connectivity index (χ0n) is 14.7. The number of halogens is 2. The van der Waals surface area contributed by atoms with Crippen LogP contribution in [0.15, 0.2) is 57.3 Å². The first-order chi connectivity index (χ1) is 13.7. The fraction of sp³-hybridized carbons (Fsp3) is 0.0556. The second-order valence-corrected chi connectivity index (χ2v) is 9.07. The predicted molar refractivity (Wildman–Crippen MR) is 113 cm³/mol. The molecule has 1 aliphatic heterocycles. The highest BCUT2D eigenvalue weighted by Gasteiger charge is 2.24. The molecule has 0 radical (unpaired) electrons. The second-order valence-electron chi connectivity index (χ2n) is 5.68. The van der Waals surface area contributed by atoms with Crippen molar-refractivity contribution in [2.24, 2.45) is 4.99 Å². The number of nitrogens with zero attached hydrogens (tertiary/aromatic N) is 1. The Kier molecular flexibility index (Phi) is 6.33. The van der Waals surface area contributed by atoms with Crippen LogP contribution in [0.25, 0.3) is 6.08 Å². The van der Waals surface area contributed by atoms with Gasteiger partial charge in [-0.1, -0.05) is 41.4 Å². The molecule has 0 aromatic heterocycles. The van der Waals surface area contributed by atoms with Crippen LogP contribution in [0.2, 0.25) is 10.0 Å². The molecule has 0 bridgehead atoms. The van der Waals surface area contributed by atoms with Crippen molar-refractivity contribution < 1.29 is 22.2 Å². The summed E-state index contributed by atoms with van der Waals surface area (Å²) in [5.41, 5.74) is 0.430. The van der Waals surface area contributed by atoms with Crippen molar-refractivity contribution in [1.82, 2.24) is 5.32 Å². The Labute approximate surface area is 180 Å². The normalized spacial score (nSPS) is 15.3. The molecule has 150 valence electrons. The van der Waals surface area contributed by atoms with E-state index in [9.17, 15) is 18.0 Å². The Balaban J connectivity index is 1.85. The largest absolute Gasteiger partial charge is 0.376 e. The highest BCUT2D eigenvalue weighted by atomic mass is 35.5. The first-order valence-corrected chi connectivity index (χ1v) is 10.9. The van der Waals surface area contributed by atoms with Crippen LogP contribution < -0.4 is 9.50 Å². The van der Waals surface area contributed by atoms with Crippen LogP contribution in [0.3, 0.4) is 0 Å². The molecule has 0 fully saturated rings. The number of amidine groups is 1. The van der Waals surface area contributed by atoms with Crippen LogP contribution in [0.4, 0.5) is 0 Å². The molecule has 1 N–H and O–H groups in total. The fourth-order valence-corrected chi connectivity index (χ4v) is 4.77. The van der Waals surface area contributed by atoms with Gasteiger partial charge >= 0.3 is 10.1 Å². The van der Waals surface area contributed by atoms with Crippen LogP contribution >= 0.6 is 35.0 Å². The number of hydrogen-bond acceptors (Lipinski definition) is 6. The summed E-state index contributed by atoms with van der Waals surface area (Å²) in [4.78, 5) is 27.0. The second kappa shape index (κ2) is 8.58. The van der Waals surface area contributed by atoms with Gasteiger partial charge in [0.15, 0.2) is 10.9 Å².